The minimum Gasteiger partial charge on any atom is -0.490 e. The van der Waals surface area contributed by atoms with Gasteiger partial charge in [-0.2, -0.15) is 0 Å². The maximum Gasteiger partial charge on any atom is 0.165 e. The monoisotopic (exact) mass is 248 g/mol. The first kappa shape index (κ1) is 12.9. The summed E-state index contributed by atoms with van der Waals surface area (Å²) < 4.78 is 19.1. The number of rotatable bonds is 3. The molecule has 1 aliphatic carbocycles. The van der Waals surface area contributed by atoms with Gasteiger partial charge in [0.25, 0.3) is 0 Å². The zero-order valence-electron chi connectivity index (χ0n) is 10.3. The van der Waals surface area contributed by atoms with E-state index < -0.39 is 0 Å². The summed E-state index contributed by atoms with van der Waals surface area (Å²) in [5.74, 6) is 5.73. The van der Waals surface area contributed by atoms with E-state index in [0.29, 0.717) is 18.1 Å². The number of hydrogen-bond donors (Lipinski definition) is 1. The van der Waals surface area contributed by atoms with Crippen molar-refractivity contribution in [3.63, 3.8) is 0 Å². The normalized spacial score (nSPS) is 15.2. The van der Waals surface area contributed by atoms with Crippen molar-refractivity contribution in [2.24, 2.45) is 5.92 Å². The minimum absolute atomic E-state index is 0.199. The number of aliphatic hydroxyl groups is 1. The molecule has 3 heteroatoms. The summed E-state index contributed by atoms with van der Waals surface area (Å²) in [5.41, 5.74) is 0.659. The predicted molar refractivity (Wildman–Crippen MR) is 67.8 cm³/mol. The van der Waals surface area contributed by atoms with Crippen molar-refractivity contribution >= 4 is 0 Å². The van der Waals surface area contributed by atoms with E-state index >= 15 is 0 Å². The maximum atomic E-state index is 13.5. The van der Waals surface area contributed by atoms with E-state index in [1.54, 1.807) is 12.1 Å². The van der Waals surface area contributed by atoms with Crippen molar-refractivity contribution in [3.8, 4) is 17.6 Å². The average Bonchev–Trinajstić information content (AvgIpc) is 2.89. The van der Waals surface area contributed by atoms with Crippen LogP contribution in [0, 0.1) is 23.6 Å². The second-order valence-corrected chi connectivity index (χ2v) is 4.57. The molecule has 1 aromatic rings. The van der Waals surface area contributed by atoms with Crippen LogP contribution in [-0.2, 0) is 0 Å². The molecule has 0 aromatic heterocycles. The Morgan fingerprint density at radius 3 is 2.83 bits per heavy atom. The molecule has 1 aromatic carbocycles. The van der Waals surface area contributed by atoms with E-state index in [0.717, 1.165) is 0 Å². The largest absolute Gasteiger partial charge is 0.490 e. The average molecular weight is 248 g/mol. The summed E-state index contributed by atoms with van der Waals surface area (Å²) in [6, 6.07) is 4.53. The lowest BCUT2D eigenvalue weighted by molar-refractivity contribution is 0.242. The summed E-state index contributed by atoms with van der Waals surface area (Å²) in [6.45, 7) is 0.378. The molecular weight excluding hydrogens is 231 g/mol. The molecular formula is C15H17FO2. The van der Waals surface area contributed by atoms with Crippen molar-refractivity contribution < 1.29 is 14.2 Å². The third kappa shape index (κ3) is 3.48. The molecule has 0 saturated heterocycles. The SMILES string of the molecule is OCC#Cc1ccc(F)c(OCC2CCCC2)c1. The third-order valence-electron chi connectivity index (χ3n) is 3.19. The van der Waals surface area contributed by atoms with Gasteiger partial charge in [0.2, 0.25) is 0 Å². The van der Waals surface area contributed by atoms with E-state index in [-0.39, 0.29) is 18.2 Å². The van der Waals surface area contributed by atoms with Crippen LogP contribution in [0.4, 0.5) is 4.39 Å². The fourth-order valence-corrected chi connectivity index (χ4v) is 2.22. The Hall–Kier alpha value is -1.53. The second-order valence-electron chi connectivity index (χ2n) is 4.57. The van der Waals surface area contributed by atoms with Crippen molar-refractivity contribution in [3.05, 3.63) is 29.6 Å². The summed E-state index contributed by atoms with van der Waals surface area (Å²) in [5, 5.41) is 8.62. The summed E-state index contributed by atoms with van der Waals surface area (Å²) in [4.78, 5) is 0. The molecule has 0 bridgehead atoms. The van der Waals surface area contributed by atoms with Crippen LogP contribution in [0.2, 0.25) is 0 Å². The fraction of sp³-hybridized carbons (Fsp3) is 0.467. The van der Waals surface area contributed by atoms with E-state index in [2.05, 4.69) is 11.8 Å². The Labute approximate surface area is 107 Å². The molecule has 0 radical (unpaired) electrons. The van der Waals surface area contributed by atoms with Gasteiger partial charge in [-0.1, -0.05) is 24.7 Å². The molecule has 0 aliphatic heterocycles. The topological polar surface area (TPSA) is 29.5 Å². The summed E-state index contributed by atoms with van der Waals surface area (Å²) >= 11 is 0. The number of halogens is 1. The molecule has 1 N–H and O–H groups in total. The zero-order chi connectivity index (χ0) is 12.8. The first-order valence-corrected chi connectivity index (χ1v) is 6.31. The van der Waals surface area contributed by atoms with Gasteiger partial charge in [-0.3, -0.25) is 0 Å². The van der Waals surface area contributed by atoms with Gasteiger partial charge in [0, 0.05) is 5.56 Å². The van der Waals surface area contributed by atoms with Crippen molar-refractivity contribution in [2.75, 3.05) is 13.2 Å². The van der Waals surface area contributed by atoms with Gasteiger partial charge in [-0.05, 0) is 37.0 Å². The highest BCUT2D eigenvalue weighted by Gasteiger charge is 2.16. The third-order valence-corrected chi connectivity index (χ3v) is 3.19. The number of ether oxygens (including phenoxy) is 1. The first-order valence-electron chi connectivity index (χ1n) is 6.31. The Bertz CT molecular complexity index is 453. The number of aliphatic hydroxyl groups excluding tert-OH is 1. The molecule has 0 unspecified atom stereocenters. The molecule has 1 aliphatic rings. The lowest BCUT2D eigenvalue weighted by Gasteiger charge is -2.12. The van der Waals surface area contributed by atoms with Gasteiger partial charge in [-0.15, -0.1) is 0 Å². The Balaban J connectivity index is 2.01. The molecule has 0 heterocycles. The predicted octanol–water partition coefficient (Wildman–Crippen LogP) is 2.74. The number of hydrogen-bond acceptors (Lipinski definition) is 2. The van der Waals surface area contributed by atoms with Crippen LogP contribution in [0.15, 0.2) is 18.2 Å². The van der Waals surface area contributed by atoms with Crippen LogP contribution in [0.25, 0.3) is 0 Å². The standard InChI is InChI=1S/C15H17FO2/c16-14-8-7-12(6-3-9-17)10-15(14)18-11-13-4-1-2-5-13/h7-8,10,13,17H,1-2,4-5,9,11H2. The van der Waals surface area contributed by atoms with Crippen molar-refractivity contribution in [1.82, 2.24) is 0 Å². The summed E-state index contributed by atoms with van der Waals surface area (Å²) in [7, 11) is 0. The maximum absolute atomic E-state index is 13.5. The van der Waals surface area contributed by atoms with Crippen molar-refractivity contribution in [2.45, 2.75) is 25.7 Å². The number of benzene rings is 1. The lowest BCUT2D eigenvalue weighted by atomic mass is 10.1. The quantitative estimate of drug-likeness (QED) is 0.833. The van der Waals surface area contributed by atoms with E-state index in [1.807, 2.05) is 0 Å². The van der Waals surface area contributed by atoms with Gasteiger partial charge >= 0.3 is 0 Å². The minimum atomic E-state index is -0.359. The van der Waals surface area contributed by atoms with Crippen LogP contribution >= 0.6 is 0 Å². The fourth-order valence-electron chi connectivity index (χ4n) is 2.22. The molecule has 2 rings (SSSR count). The van der Waals surface area contributed by atoms with Gasteiger partial charge in [0.15, 0.2) is 11.6 Å². The highest BCUT2D eigenvalue weighted by atomic mass is 19.1. The van der Waals surface area contributed by atoms with Crippen LogP contribution in [0.5, 0.6) is 5.75 Å². The van der Waals surface area contributed by atoms with E-state index in [1.165, 1.54) is 31.7 Å². The molecule has 0 atom stereocenters. The second kappa shape index (κ2) is 6.42. The van der Waals surface area contributed by atoms with Crippen molar-refractivity contribution in [1.29, 1.82) is 0 Å². The van der Waals surface area contributed by atoms with Crippen LogP contribution in [0.1, 0.15) is 31.2 Å². The van der Waals surface area contributed by atoms with Gasteiger partial charge in [-0.25, -0.2) is 4.39 Å². The Morgan fingerprint density at radius 2 is 2.11 bits per heavy atom. The van der Waals surface area contributed by atoms with Gasteiger partial charge < -0.3 is 9.84 Å². The van der Waals surface area contributed by atoms with Crippen LogP contribution < -0.4 is 4.74 Å². The molecule has 1 saturated carbocycles. The molecule has 0 amide bonds. The van der Waals surface area contributed by atoms with Crippen LogP contribution in [0.3, 0.4) is 0 Å². The molecule has 2 nitrogen and oxygen atoms in total. The van der Waals surface area contributed by atoms with E-state index in [9.17, 15) is 4.39 Å². The molecule has 1 fully saturated rings. The van der Waals surface area contributed by atoms with Gasteiger partial charge in [0.05, 0.1) is 6.61 Å². The first-order chi connectivity index (χ1) is 8.79. The Kier molecular flexibility index (Phi) is 4.60. The smallest absolute Gasteiger partial charge is 0.165 e. The molecule has 0 spiro atoms. The van der Waals surface area contributed by atoms with E-state index in [4.69, 9.17) is 9.84 Å². The lowest BCUT2D eigenvalue weighted by Crippen LogP contribution is -2.09. The zero-order valence-corrected chi connectivity index (χ0v) is 10.3. The molecule has 96 valence electrons. The summed E-state index contributed by atoms with van der Waals surface area (Å²) in [6.07, 6.45) is 4.84. The van der Waals surface area contributed by atoms with Gasteiger partial charge in [0.1, 0.15) is 6.61 Å². The Morgan fingerprint density at radius 1 is 1.33 bits per heavy atom. The highest BCUT2D eigenvalue weighted by molar-refractivity contribution is 5.40. The van der Waals surface area contributed by atoms with Crippen LogP contribution in [-0.4, -0.2) is 18.3 Å². The molecule has 18 heavy (non-hydrogen) atoms. The highest BCUT2D eigenvalue weighted by Crippen LogP contribution is 2.26.